The molecule has 1 aromatic rings. The maximum absolute atomic E-state index is 6.12. The van der Waals surface area contributed by atoms with Crippen LogP contribution in [0.5, 0.6) is 0 Å². The summed E-state index contributed by atoms with van der Waals surface area (Å²) in [6.07, 6.45) is 3.38. The quantitative estimate of drug-likeness (QED) is 0.778. The molecule has 0 saturated carbocycles. The highest BCUT2D eigenvalue weighted by Gasteiger charge is 2.18. The van der Waals surface area contributed by atoms with Gasteiger partial charge in [-0.25, -0.2) is 0 Å². The maximum Gasteiger partial charge on any atom is 0.0971 e. The van der Waals surface area contributed by atoms with Crippen LogP contribution in [-0.2, 0) is 4.74 Å². The Hall–Kier alpha value is -0.860. The third-order valence-corrected chi connectivity index (χ3v) is 2.66. The van der Waals surface area contributed by atoms with Crippen molar-refractivity contribution in [3.63, 3.8) is 0 Å². The molecule has 0 aliphatic rings. The molecule has 0 amide bonds. The summed E-state index contributed by atoms with van der Waals surface area (Å²) in [6, 6.07) is 10.3. The molecule has 1 aromatic carbocycles. The van der Waals surface area contributed by atoms with Crippen LogP contribution in [0.25, 0.3) is 0 Å². The average Bonchev–Trinajstić information content (AvgIpc) is 2.29. The molecule has 84 valence electrons. The lowest BCUT2D eigenvalue weighted by Crippen LogP contribution is -2.29. The van der Waals surface area contributed by atoms with Crippen LogP contribution in [-0.4, -0.2) is 13.2 Å². The van der Waals surface area contributed by atoms with Gasteiger partial charge in [-0.2, -0.15) is 0 Å². The van der Waals surface area contributed by atoms with Crippen molar-refractivity contribution < 1.29 is 4.74 Å². The number of benzene rings is 1. The Morgan fingerprint density at radius 3 is 2.47 bits per heavy atom. The van der Waals surface area contributed by atoms with E-state index in [2.05, 4.69) is 19.1 Å². The largest absolute Gasteiger partial charge is 0.375 e. The molecule has 2 heteroatoms. The summed E-state index contributed by atoms with van der Waals surface area (Å²) in [5, 5.41) is 0. The zero-order valence-corrected chi connectivity index (χ0v) is 9.65. The molecule has 0 fully saturated rings. The third kappa shape index (κ3) is 3.65. The normalized spacial score (nSPS) is 14.9. The van der Waals surface area contributed by atoms with E-state index in [0.717, 1.165) is 12.8 Å². The fourth-order valence-corrected chi connectivity index (χ4v) is 1.79. The van der Waals surface area contributed by atoms with Gasteiger partial charge in [-0.05, 0) is 12.0 Å². The molecule has 0 radical (unpaired) electrons. The van der Waals surface area contributed by atoms with E-state index in [-0.39, 0.29) is 12.1 Å². The summed E-state index contributed by atoms with van der Waals surface area (Å²) in [5.41, 5.74) is 7.29. The number of methoxy groups -OCH3 is 1. The lowest BCUT2D eigenvalue weighted by atomic mass is 9.98. The highest BCUT2D eigenvalue weighted by atomic mass is 16.5. The number of hydrogen-bond acceptors (Lipinski definition) is 2. The van der Waals surface area contributed by atoms with Crippen LogP contribution in [0.3, 0.4) is 0 Å². The molecular formula is C13H21NO. The highest BCUT2D eigenvalue weighted by molar-refractivity contribution is 5.19. The van der Waals surface area contributed by atoms with Gasteiger partial charge in [0.15, 0.2) is 0 Å². The summed E-state index contributed by atoms with van der Waals surface area (Å²) >= 11 is 0. The Bertz CT molecular complexity index is 260. The Balaban J connectivity index is 2.63. The number of ether oxygens (including phenoxy) is 1. The first kappa shape index (κ1) is 12.2. The van der Waals surface area contributed by atoms with E-state index in [4.69, 9.17) is 10.5 Å². The van der Waals surface area contributed by atoms with Crippen LogP contribution in [0.2, 0.25) is 0 Å². The zero-order valence-electron chi connectivity index (χ0n) is 9.65. The fourth-order valence-electron chi connectivity index (χ4n) is 1.79. The number of rotatable bonds is 6. The zero-order chi connectivity index (χ0) is 11.1. The number of hydrogen-bond donors (Lipinski definition) is 1. The van der Waals surface area contributed by atoms with Crippen molar-refractivity contribution in [2.45, 2.75) is 38.3 Å². The molecular weight excluding hydrogens is 186 g/mol. The first-order valence-corrected chi connectivity index (χ1v) is 5.63. The molecule has 0 bridgehead atoms. The van der Waals surface area contributed by atoms with Crippen molar-refractivity contribution in [1.82, 2.24) is 0 Å². The van der Waals surface area contributed by atoms with Gasteiger partial charge in [0.05, 0.1) is 6.10 Å². The van der Waals surface area contributed by atoms with Gasteiger partial charge in [0.2, 0.25) is 0 Å². The molecule has 0 saturated heterocycles. The van der Waals surface area contributed by atoms with Crippen molar-refractivity contribution in [3.8, 4) is 0 Å². The van der Waals surface area contributed by atoms with E-state index in [1.807, 2.05) is 18.2 Å². The van der Waals surface area contributed by atoms with Gasteiger partial charge >= 0.3 is 0 Å². The van der Waals surface area contributed by atoms with Crippen LogP contribution >= 0.6 is 0 Å². The highest BCUT2D eigenvalue weighted by Crippen LogP contribution is 2.21. The fraction of sp³-hybridized carbons (Fsp3) is 0.538. The maximum atomic E-state index is 6.12. The van der Waals surface area contributed by atoms with Crippen molar-refractivity contribution in [1.29, 1.82) is 0 Å². The van der Waals surface area contributed by atoms with Crippen LogP contribution in [0.4, 0.5) is 0 Å². The Labute approximate surface area is 92.4 Å². The van der Waals surface area contributed by atoms with Gasteiger partial charge in [-0.1, -0.05) is 50.1 Å². The molecule has 2 nitrogen and oxygen atoms in total. The Morgan fingerprint density at radius 2 is 1.93 bits per heavy atom. The van der Waals surface area contributed by atoms with Gasteiger partial charge in [-0.15, -0.1) is 0 Å². The Kier molecular flexibility index (Phi) is 5.37. The van der Waals surface area contributed by atoms with Gasteiger partial charge < -0.3 is 10.5 Å². The molecule has 0 aliphatic heterocycles. The van der Waals surface area contributed by atoms with Gasteiger partial charge in [0.1, 0.15) is 0 Å². The second-order valence-corrected chi connectivity index (χ2v) is 3.87. The summed E-state index contributed by atoms with van der Waals surface area (Å²) in [6.45, 7) is 2.18. The number of nitrogens with two attached hydrogens (primary N) is 1. The van der Waals surface area contributed by atoms with Crippen molar-refractivity contribution in [2.24, 2.45) is 5.73 Å². The van der Waals surface area contributed by atoms with E-state index in [1.165, 1.54) is 12.0 Å². The van der Waals surface area contributed by atoms with Crippen molar-refractivity contribution in [2.75, 3.05) is 7.11 Å². The van der Waals surface area contributed by atoms with Crippen molar-refractivity contribution in [3.05, 3.63) is 35.9 Å². The SMILES string of the molecule is CCCCC(N)C(OC)c1ccccc1. The monoisotopic (exact) mass is 207 g/mol. The third-order valence-electron chi connectivity index (χ3n) is 2.66. The summed E-state index contributed by atoms with van der Waals surface area (Å²) < 4.78 is 5.47. The lowest BCUT2D eigenvalue weighted by molar-refractivity contribution is 0.0770. The molecule has 2 unspecified atom stereocenters. The summed E-state index contributed by atoms with van der Waals surface area (Å²) in [7, 11) is 1.73. The molecule has 1 rings (SSSR count). The van der Waals surface area contributed by atoms with E-state index in [9.17, 15) is 0 Å². The summed E-state index contributed by atoms with van der Waals surface area (Å²) in [4.78, 5) is 0. The second kappa shape index (κ2) is 6.59. The van der Waals surface area contributed by atoms with Crippen LogP contribution in [0.15, 0.2) is 30.3 Å². The molecule has 0 aliphatic carbocycles. The summed E-state index contributed by atoms with van der Waals surface area (Å²) in [5.74, 6) is 0. The minimum Gasteiger partial charge on any atom is -0.375 e. The van der Waals surface area contributed by atoms with E-state index < -0.39 is 0 Å². The molecule has 15 heavy (non-hydrogen) atoms. The molecule has 2 N–H and O–H groups in total. The second-order valence-electron chi connectivity index (χ2n) is 3.87. The van der Waals surface area contributed by atoms with Gasteiger partial charge in [0, 0.05) is 13.2 Å². The van der Waals surface area contributed by atoms with Gasteiger partial charge in [0.25, 0.3) is 0 Å². The molecule has 0 spiro atoms. The van der Waals surface area contributed by atoms with E-state index >= 15 is 0 Å². The molecule has 2 atom stereocenters. The van der Waals surface area contributed by atoms with Crippen molar-refractivity contribution >= 4 is 0 Å². The Morgan fingerprint density at radius 1 is 1.27 bits per heavy atom. The molecule has 0 aromatic heterocycles. The van der Waals surface area contributed by atoms with Crippen LogP contribution < -0.4 is 5.73 Å². The predicted molar refractivity (Wildman–Crippen MR) is 63.7 cm³/mol. The smallest absolute Gasteiger partial charge is 0.0971 e. The first-order valence-electron chi connectivity index (χ1n) is 5.63. The minimum absolute atomic E-state index is 0.0257. The predicted octanol–water partition coefficient (Wildman–Crippen LogP) is 2.89. The standard InChI is InChI=1S/C13H21NO/c1-3-4-10-12(14)13(15-2)11-8-6-5-7-9-11/h5-9,12-13H,3-4,10,14H2,1-2H3. The van der Waals surface area contributed by atoms with Gasteiger partial charge in [-0.3, -0.25) is 0 Å². The topological polar surface area (TPSA) is 35.2 Å². The average molecular weight is 207 g/mol. The van der Waals surface area contributed by atoms with E-state index in [0.29, 0.717) is 0 Å². The minimum atomic E-state index is 0.0257. The first-order chi connectivity index (χ1) is 7.29. The number of unbranched alkanes of at least 4 members (excludes halogenated alkanes) is 1. The van der Waals surface area contributed by atoms with Crippen LogP contribution in [0.1, 0.15) is 37.9 Å². The lowest BCUT2D eigenvalue weighted by Gasteiger charge is -2.22. The molecule has 0 heterocycles. The van der Waals surface area contributed by atoms with E-state index in [1.54, 1.807) is 7.11 Å². The van der Waals surface area contributed by atoms with Crippen LogP contribution in [0, 0.1) is 0 Å².